The number of hydrogen-bond donors (Lipinski definition) is 0. The Balaban J connectivity index is 1.14. The van der Waals surface area contributed by atoms with Gasteiger partial charge in [-0.15, -0.1) is 0 Å². The van der Waals surface area contributed by atoms with Crippen LogP contribution < -0.4 is 0 Å². The monoisotopic (exact) mass is 716 g/mol. The molecule has 56 heavy (non-hydrogen) atoms. The first kappa shape index (κ1) is 31.9. The summed E-state index contributed by atoms with van der Waals surface area (Å²) in [7, 11) is 0. The molecule has 3 heterocycles. The Bertz CT molecular complexity index is 3220. The van der Waals surface area contributed by atoms with E-state index in [-0.39, 0.29) is 0 Å². The third kappa shape index (κ3) is 5.29. The average Bonchev–Trinajstić information content (AvgIpc) is 3.83. The minimum Gasteiger partial charge on any atom is -0.455 e. The van der Waals surface area contributed by atoms with Crippen molar-refractivity contribution in [3.63, 3.8) is 0 Å². The van der Waals surface area contributed by atoms with Gasteiger partial charge in [0.15, 0.2) is 17.5 Å². The Morgan fingerprint density at radius 1 is 0.375 bits per heavy atom. The summed E-state index contributed by atoms with van der Waals surface area (Å²) in [5.41, 5.74) is 12.0. The molecule has 0 aliphatic heterocycles. The molecule has 0 bridgehead atoms. The van der Waals surface area contributed by atoms with Gasteiger partial charge in [-0.1, -0.05) is 152 Å². The number of para-hydroxylation sites is 3. The molecular weight excluding hydrogens is 685 g/mol. The number of hydrogen-bond acceptors (Lipinski definition) is 4. The van der Waals surface area contributed by atoms with Gasteiger partial charge in [-0.05, 0) is 64.7 Å². The highest BCUT2D eigenvalue weighted by molar-refractivity contribution is 6.25. The van der Waals surface area contributed by atoms with Crippen molar-refractivity contribution in [1.82, 2.24) is 19.5 Å². The number of furan rings is 1. The lowest BCUT2D eigenvalue weighted by molar-refractivity contribution is 0.669. The quantitative estimate of drug-likeness (QED) is 0.172. The van der Waals surface area contributed by atoms with Crippen LogP contribution >= 0.6 is 0 Å². The molecule has 0 aliphatic rings. The summed E-state index contributed by atoms with van der Waals surface area (Å²) in [4.78, 5) is 15.5. The first-order chi connectivity index (χ1) is 27.8. The minimum atomic E-state index is 0.548. The van der Waals surface area contributed by atoms with Crippen LogP contribution in [0.5, 0.6) is 0 Å². The van der Waals surface area contributed by atoms with E-state index in [1.165, 1.54) is 10.8 Å². The second-order valence-corrected chi connectivity index (χ2v) is 14.0. The molecule has 0 aliphatic carbocycles. The summed E-state index contributed by atoms with van der Waals surface area (Å²) in [6, 6.07) is 67.3. The lowest BCUT2D eigenvalue weighted by Gasteiger charge is -2.10. The van der Waals surface area contributed by atoms with Gasteiger partial charge in [0, 0.05) is 33.0 Å². The van der Waals surface area contributed by atoms with Crippen molar-refractivity contribution in [1.29, 1.82) is 0 Å². The summed E-state index contributed by atoms with van der Waals surface area (Å²) in [5.74, 6) is 1.73. The van der Waals surface area contributed by atoms with Crippen LogP contribution in [-0.2, 0) is 0 Å². The van der Waals surface area contributed by atoms with Crippen LogP contribution in [0.15, 0.2) is 199 Å². The number of benzene rings is 8. The lowest BCUT2D eigenvalue weighted by Crippen LogP contribution is -2.00. The molecule has 0 radical (unpaired) electrons. The molecule has 5 heteroatoms. The van der Waals surface area contributed by atoms with Gasteiger partial charge in [0.25, 0.3) is 0 Å². The van der Waals surface area contributed by atoms with Crippen LogP contribution in [0.25, 0.3) is 106 Å². The molecule has 8 aromatic carbocycles. The maximum Gasteiger partial charge on any atom is 0.167 e. The molecule has 0 atom stereocenters. The first-order valence-corrected chi connectivity index (χ1v) is 18.8. The zero-order valence-corrected chi connectivity index (χ0v) is 30.2. The highest BCUT2D eigenvalue weighted by Crippen LogP contribution is 2.43. The van der Waals surface area contributed by atoms with Crippen molar-refractivity contribution in [2.45, 2.75) is 0 Å². The van der Waals surface area contributed by atoms with Crippen LogP contribution in [0.1, 0.15) is 0 Å². The van der Waals surface area contributed by atoms with Crippen molar-refractivity contribution in [2.75, 3.05) is 0 Å². The van der Waals surface area contributed by atoms with Crippen molar-refractivity contribution in [2.24, 2.45) is 0 Å². The predicted molar refractivity (Wildman–Crippen MR) is 229 cm³/mol. The Kier molecular flexibility index (Phi) is 7.42. The molecule has 0 unspecified atom stereocenters. The summed E-state index contributed by atoms with van der Waals surface area (Å²) in [5, 5.41) is 4.43. The van der Waals surface area contributed by atoms with E-state index in [2.05, 4.69) is 187 Å². The fourth-order valence-electron chi connectivity index (χ4n) is 8.02. The van der Waals surface area contributed by atoms with E-state index in [1.54, 1.807) is 0 Å². The van der Waals surface area contributed by atoms with Crippen LogP contribution in [0.2, 0.25) is 0 Å². The third-order valence-electron chi connectivity index (χ3n) is 10.7. The first-order valence-electron chi connectivity index (χ1n) is 18.8. The normalized spacial score (nSPS) is 11.6. The second kappa shape index (κ2) is 13.0. The Morgan fingerprint density at radius 2 is 0.929 bits per heavy atom. The van der Waals surface area contributed by atoms with Crippen LogP contribution in [-0.4, -0.2) is 19.5 Å². The molecule has 11 aromatic rings. The Morgan fingerprint density at radius 3 is 1.70 bits per heavy atom. The standard InChI is InChI=1S/C51H32N4O/c1-4-14-33(15-5-1)35-26-28-36(29-27-35)49-52-50(38-19-12-18-37(32-38)34-16-6-2-7-17-34)54-51(53-49)43-24-13-23-42-46-45(56-48(42)43)31-30-41-40-22-10-11-25-44(40)55(47(41)46)39-20-8-3-9-21-39/h1-32H. The molecule has 262 valence electrons. The highest BCUT2D eigenvalue weighted by atomic mass is 16.3. The summed E-state index contributed by atoms with van der Waals surface area (Å²) in [6.07, 6.45) is 0. The smallest absolute Gasteiger partial charge is 0.167 e. The molecule has 0 saturated carbocycles. The molecule has 0 fully saturated rings. The van der Waals surface area contributed by atoms with Gasteiger partial charge in [0.05, 0.1) is 22.0 Å². The number of nitrogens with zero attached hydrogens (tertiary/aromatic N) is 4. The van der Waals surface area contributed by atoms with E-state index in [0.717, 1.165) is 77.6 Å². The highest BCUT2D eigenvalue weighted by Gasteiger charge is 2.22. The number of fused-ring (bicyclic) bond motifs is 7. The molecule has 11 rings (SSSR count). The molecular formula is C51H32N4O. The van der Waals surface area contributed by atoms with Gasteiger partial charge in [-0.25, -0.2) is 15.0 Å². The molecule has 0 N–H and O–H groups in total. The number of aromatic nitrogens is 4. The van der Waals surface area contributed by atoms with E-state index in [9.17, 15) is 0 Å². The summed E-state index contributed by atoms with van der Waals surface area (Å²) in [6.45, 7) is 0. The van der Waals surface area contributed by atoms with Gasteiger partial charge < -0.3 is 8.98 Å². The largest absolute Gasteiger partial charge is 0.455 e. The zero-order valence-electron chi connectivity index (χ0n) is 30.2. The maximum atomic E-state index is 6.85. The van der Waals surface area contributed by atoms with Crippen molar-refractivity contribution in [3.05, 3.63) is 194 Å². The summed E-state index contributed by atoms with van der Waals surface area (Å²) >= 11 is 0. The average molecular weight is 717 g/mol. The fraction of sp³-hybridized carbons (Fsp3) is 0. The molecule has 3 aromatic heterocycles. The molecule has 0 spiro atoms. The van der Waals surface area contributed by atoms with Crippen LogP contribution in [0, 0.1) is 0 Å². The van der Waals surface area contributed by atoms with E-state index in [1.807, 2.05) is 12.1 Å². The maximum absolute atomic E-state index is 6.85. The van der Waals surface area contributed by atoms with Crippen molar-refractivity contribution >= 4 is 43.7 Å². The summed E-state index contributed by atoms with van der Waals surface area (Å²) < 4.78 is 9.21. The topological polar surface area (TPSA) is 56.7 Å². The Hall–Kier alpha value is -7.63. The van der Waals surface area contributed by atoms with Gasteiger partial charge in [-0.3, -0.25) is 0 Å². The van der Waals surface area contributed by atoms with Gasteiger partial charge >= 0.3 is 0 Å². The second-order valence-electron chi connectivity index (χ2n) is 14.0. The predicted octanol–water partition coefficient (Wildman–Crippen LogP) is 13.2. The fourth-order valence-corrected chi connectivity index (χ4v) is 8.02. The van der Waals surface area contributed by atoms with E-state index >= 15 is 0 Å². The minimum absolute atomic E-state index is 0.548. The van der Waals surface area contributed by atoms with Gasteiger partial charge in [0.2, 0.25) is 0 Å². The molecule has 0 amide bonds. The Labute approximate surface area is 322 Å². The van der Waals surface area contributed by atoms with Crippen LogP contribution in [0.3, 0.4) is 0 Å². The lowest BCUT2D eigenvalue weighted by atomic mass is 10.0. The van der Waals surface area contributed by atoms with Crippen molar-refractivity contribution < 1.29 is 4.42 Å². The number of rotatable bonds is 6. The zero-order chi connectivity index (χ0) is 37.0. The van der Waals surface area contributed by atoms with E-state index < -0.39 is 0 Å². The van der Waals surface area contributed by atoms with Gasteiger partial charge in [0.1, 0.15) is 11.2 Å². The molecule has 5 nitrogen and oxygen atoms in total. The van der Waals surface area contributed by atoms with Crippen LogP contribution in [0.4, 0.5) is 0 Å². The molecule has 0 saturated heterocycles. The van der Waals surface area contributed by atoms with Crippen molar-refractivity contribution in [3.8, 4) is 62.1 Å². The van der Waals surface area contributed by atoms with E-state index in [0.29, 0.717) is 17.5 Å². The van der Waals surface area contributed by atoms with Gasteiger partial charge in [-0.2, -0.15) is 0 Å². The SMILES string of the molecule is c1ccc(-c2ccc(-c3nc(-c4cccc(-c5ccccc5)c4)nc(-c4cccc5c4oc4ccc6c7ccccc7n(-c7ccccc7)c6c45)n3)cc2)cc1. The van der Waals surface area contributed by atoms with E-state index in [4.69, 9.17) is 19.4 Å². The third-order valence-corrected chi connectivity index (χ3v) is 10.7.